The number of rotatable bonds is 8. The second-order valence-electron chi connectivity index (χ2n) is 7.01. The Bertz CT molecular complexity index is 1160. The molecule has 0 saturated heterocycles. The largest absolute Gasteiger partial charge is 0.495 e. The molecule has 162 valence electrons. The Morgan fingerprint density at radius 1 is 1.00 bits per heavy atom. The highest BCUT2D eigenvalue weighted by Gasteiger charge is 2.17. The van der Waals surface area contributed by atoms with Crippen molar-refractivity contribution in [2.45, 2.75) is 24.7 Å². The summed E-state index contributed by atoms with van der Waals surface area (Å²) in [4.78, 5) is 12.2. The number of ether oxygens (including phenoxy) is 1. The van der Waals surface area contributed by atoms with Crippen molar-refractivity contribution in [3.05, 3.63) is 83.7 Å². The molecule has 0 bridgehead atoms. The highest BCUT2D eigenvalue weighted by atomic mass is 32.2. The fourth-order valence-corrected chi connectivity index (χ4v) is 3.98. The quantitative estimate of drug-likeness (QED) is 0.537. The van der Waals surface area contributed by atoms with Crippen molar-refractivity contribution in [3.8, 4) is 5.75 Å². The van der Waals surface area contributed by atoms with E-state index in [1.807, 2.05) is 31.2 Å². The van der Waals surface area contributed by atoms with Gasteiger partial charge < -0.3 is 10.1 Å². The van der Waals surface area contributed by atoms with Crippen LogP contribution in [0.4, 0.5) is 15.8 Å². The van der Waals surface area contributed by atoms with Gasteiger partial charge in [0.15, 0.2) is 0 Å². The summed E-state index contributed by atoms with van der Waals surface area (Å²) < 4.78 is 46.0. The maximum Gasteiger partial charge on any atom is 0.262 e. The summed E-state index contributed by atoms with van der Waals surface area (Å²) in [5, 5.41) is 2.77. The van der Waals surface area contributed by atoms with Gasteiger partial charge in [-0.1, -0.05) is 29.8 Å². The van der Waals surface area contributed by atoms with Crippen molar-refractivity contribution >= 4 is 27.3 Å². The van der Waals surface area contributed by atoms with Crippen LogP contribution in [0.1, 0.15) is 17.5 Å². The van der Waals surface area contributed by atoms with Gasteiger partial charge in [0, 0.05) is 12.1 Å². The first-order valence-corrected chi connectivity index (χ1v) is 11.1. The number of aryl methyl sites for hydroxylation is 2. The van der Waals surface area contributed by atoms with Crippen LogP contribution in [-0.2, 0) is 21.2 Å². The average Bonchev–Trinajstić information content (AvgIpc) is 2.73. The third-order valence-corrected chi connectivity index (χ3v) is 5.99. The molecule has 0 atom stereocenters. The number of sulfonamides is 1. The first kappa shape index (κ1) is 22.3. The summed E-state index contributed by atoms with van der Waals surface area (Å²) in [5.41, 5.74) is 2.79. The van der Waals surface area contributed by atoms with E-state index in [1.54, 1.807) is 12.1 Å². The fourth-order valence-electron chi connectivity index (χ4n) is 2.92. The Kier molecular flexibility index (Phi) is 6.91. The van der Waals surface area contributed by atoms with Crippen molar-refractivity contribution in [1.82, 2.24) is 0 Å². The van der Waals surface area contributed by atoms with Crippen LogP contribution in [0.15, 0.2) is 71.6 Å². The number of hydrogen-bond donors (Lipinski definition) is 2. The van der Waals surface area contributed by atoms with Gasteiger partial charge in [-0.15, -0.1) is 0 Å². The number of benzene rings is 3. The van der Waals surface area contributed by atoms with E-state index in [4.69, 9.17) is 4.74 Å². The normalized spacial score (nSPS) is 11.1. The lowest BCUT2D eigenvalue weighted by molar-refractivity contribution is -0.116. The van der Waals surface area contributed by atoms with Gasteiger partial charge in [0.25, 0.3) is 10.0 Å². The topological polar surface area (TPSA) is 84.5 Å². The molecule has 6 nitrogen and oxygen atoms in total. The van der Waals surface area contributed by atoms with Crippen molar-refractivity contribution < 1.29 is 22.3 Å². The van der Waals surface area contributed by atoms with Crippen LogP contribution >= 0.6 is 0 Å². The number of nitrogens with one attached hydrogen (secondary N) is 2. The minimum absolute atomic E-state index is 0.0940. The molecule has 0 aliphatic heterocycles. The van der Waals surface area contributed by atoms with Gasteiger partial charge in [-0.3, -0.25) is 9.52 Å². The zero-order valence-corrected chi connectivity index (χ0v) is 18.0. The molecule has 0 fully saturated rings. The van der Waals surface area contributed by atoms with Crippen molar-refractivity contribution in [1.29, 1.82) is 0 Å². The lowest BCUT2D eigenvalue weighted by Crippen LogP contribution is -2.15. The lowest BCUT2D eigenvalue weighted by atomic mass is 10.1. The Morgan fingerprint density at radius 3 is 2.32 bits per heavy atom. The van der Waals surface area contributed by atoms with Gasteiger partial charge in [-0.05, 0) is 61.4 Å². The van der Waals surface area contributed by atoms with Crippen LogP contribution in [0.2, 0.25) is 0 Å². The molecule has 3 aromatic carbocycles. The van der Waals surface area contributed by atoms with Crippen LogP contribution in [0.25, 0.3) is 0 Å². The molecule has 0 aliphatic rings. The summed E-state index contributed by atoms with van der Waals surface area (Å²) in [6, 6.07) is 17.1. The highest BCUT2D eigenvalue weighted by molar-refractivity contribution is 7.92. The first-order chi connectivity index (χ1) is 14.8. The van der Waals surface area contributed by atoms with E-state index in [0.717, 1.165) is 23.3 Å². The van der Waals surface area contributed by atoms with Crippen LogP contribution in [0.3, 0.4) is 0 Å². The minimum atomic E-state index is -3.97. The van der Waals surface area contributed by atoms with Crippen LogP contribution < -0.4 is 14.8 Å². The lowest BCUT2D eigenvalue weighted by Gasteiger charge is -2.14. The number of halogens is 1. The Hall–Kier alpha value is -3.39. The zero-order valence-electron chi connectivity index (χ0n) is 17.2. The summed E-state index contributed by atoms with van der Waals surface area (Å²) in [6.45, 7) is 2.00. The molecule has 0 aliphatic carbocycles. The van der Waals surface area contributed by atoms with Gasteiger partial charge >= 0.3 is 0 Å². The monoisotopic (exact) mass is 442 g/mol. The second kappa shape index (κ2) is 9.61. The van der Waals surface area contributed by atoms with E-state index in [9.17, 15) is 17.6 Å². The third kappa shape index (κ3) is 6.05. The number of carbonyl (C=O) groups excluding carboxylic acids is 1. The molecule has 0 unspecified atom stereocenters. The van der Waals surface area contributed by atoms with Crippen molar-refractivity contribution in [2.75, 3.05) is 17.1 Å². The standard InChI is InChI=1S/C23H23FN2O4S/c1-16-3-5-17(6-4-16)7-14-23(27)25-19-10-13-22(30-2)21(15-19)26-31(28,29)20-11-8-18(24)9-12-20/h3-6,8-13,15,26H,7,14H2,1-2H3,(H,25,27). The van der Waals surface area contributed by atoms with Gasteiger partial charge in [0.2, 0.25) is 5.91 Å². The molecular weight excluding hydrogens is 419 g/mol. The SMILES string of the molecule is COc1ccc(NC(=O)CCc2ccc(C)cc2)cc1NS(=O)(=O)c1ccc(F)cc1. The van der Waals surface area contributed by atoms with Gasteiger partial charge in [0.1, 0.15) is 11.6 Å². The fraction of sp³-hybridized carbons (Fsp3) is 0.174. The molecule has 8 heteroatoms. The number of anilines is 2. The summed E-state index contributed by atoms with van der Waals surface area (Å²) >= 11 is 0. The van der Waals surface area contributed by atoms with Crippen molar-refractivity contribution in [2.24, 2.45) is 0 Å². The molecule has 0 heterocycles. The van der Waals surface area contributed by atoms with Gasteiger partial charge in [-0.2, -0.15) is 0 Å². The summed E-state index contributed by atoms with van der Waals surface area (Å²) in [6.07, 6.45) is 0.873. The Labute approximate surface area is 181 Å². The number of methoxy groups -OCH3 is 1. The number of amides is 1. The first-order valence-electron chi connectivity index (χ1n) is 9.58. The molecule has 0 spiro atoms. The molecule has 0 saturated carbocycles. The molecule has 2 N–H and O–H groups in total. The van der Waals surface area contributed by atoms with E-state index >= 15 is 0 Å². The predicted octanol–water partition coefficient (Wildman–Crippen LogP) is 4.51. The van der Waals surface area contributed by atoms with Gasteiger partial charge in [0.05, 0.1) is 17.7 Å². The van der Waals surface area contributed by atoms with Crippen LogP contribution in [-0.4, -0.2) is 21.4 Å². The minimum Gasteiger partial charge on any atom is -0.495 e. The van der Waals surface area contributed by atoms with Crippen molar-refractivity contribution in [3.63, 3.8) is 0 Å². The summed E-state index contributed by atoms with van der Waals surface area (Å²) in [5.74, 6) is -0.451. The number of carbonyl (C=O) groups is 1. The van der Waals surface area contributed by atoms with Gasteiger partial charge in [-0.25, -0.2) is 12.8 Å². The van der Waals surface area contributed by atoms with E-state index < -0.39 is 15.8 Å². The number of hydrogen-bond acceptors (Lipinski definition) is 4. The van der Waals surface area contributed by atoms with Crippen LogP contribution in [0.5, 0.6) is 5.75 Å². The third-order valence-electron chi connectivity index (χ3n) is 4.61. The van der Waals surface area contributed by atoms with E-state index in [0.29, 0.717) is 12.1 Å². The molecule has 0 aromatic heterocycles. The summed E-state index contributed by atoms with van der Waals surface area (Å²) in [7, 11) is -2.56. The van der Waals surface area contributed by atoms with Crippen LogP contribution in [0, 0.1) is 12.7 Å². The zero-order chi connectivity index (χ0) is 22.4. The molecule has 3 aromatic rings. The molecule has 1 amide bonds. The van der Waals surface area contributed by atoms with E-state index in [1.165, 1.54) is 25.3 Å². The maximum atomic E-state index is 13.1. The molecule has 3 rings (SSSR count). The predicted molar refractivity (Wildman–Crippen MR) is 118 cm³/mol. The Balaban J connectivity index is 1.71. The molecule has 0 radical (unpaired) electrons. The maximum absolute atomic E-state index is 13.1. The van der Waals surface area contributed by atoms with E-state index in [-0.39, 0.29) is 28.7 Å². The second-order valence-corrected chi connectivity index (χ2v) is 8.69. The molecular formula is C23H23FN2O4S. The highest BCUT2D eigenvalue weighted by Crippen LogP contribution is 2.30. The molecule has 31 heavy (non-hydrogen) atoms. The Morgan fingerprint density at radius 2 is 1.68 bits per heavy atom. The van der Waals surface area contributed by atoms with E-state index in [2.05, 4.69) is 10.0 Å². The smallest absolute Gasteiger partial charge is 0.262 e. The average molecular weight is 443 g/mol.